The van der Waals surface area contributed by atoms with E-state index in [0.29, 0.717) is 6.54 Å². The van der Waals surface area contributed by atoms with Crippen LogP contribution in [0.4, 0.5) is 4.39 Å². The van der Waals surface area contributed by atoms with Crippen molar-refractivity contribution in [2.24, 2.45) is 0 Å². The summed E-state index contributed by atoms with van der Waals surface area (Å²) in [6, 6.07) is 8.44. The van der Waals surface area contributed by atoms with Gasteiger partial charge >= 0.3 is 5.97 Å². The molecular weight excluding hydrogens is 271 g/mol. The number of pyridine rings is 1. The Hall–Kier alpha value is -2.27. The smallest absolute Gasteiger partial charge is 0.340 e. The van der Waals surface area contributed by atoms with Crippen molar-refractivity contribution in [2.45, 2.75) is 13.1 Å². The van der Waals surface area contributed by atoms with E-state index < -0.39 is 11.8 Å². The molecule has 2 aromatic rings. The molecule has 1 aromatic heterocycles. The lowest BCUT2D eigenvalue weighted by atomic mass is 10.1. The molecule has 1 aromatic carbocycles. The molecule has 0 N–H and O–H groups in total. The summed E-state index contributed by atoms with van der Waals surface area (Å²) in [5, 5.41) is 0. The molecule has 4 nitrogen and oxygen atoms in total. The molecule has 110 valence electrons. The number of benzene rings is 1. The first-order valence-corrected chi connectivity index (χ1v) is 6.54. The standard InChI is InChI=1S/C16H17FN2O2/c1-19(10-12-5-7-18-8-6-12)11-13-3-4-14(15(17)9-13)16(20)21-2/h3-9H,10-11H2,1-2H3. The maximum atomic E-state index is 13.8. The topological polar surface area (TPSA) is 42.4 Å². The summed E-state index contributed by atoms with van der Waals surface area (Å²) in [4.78, 5) is 17.4. The number of hydrogen-bond donors (Lipinski definition) is 0. The molecule has 0 aliphatic heterocycles. The third-order valence-corrected chi connectivity index (χ3v) is 3.09. The molecule has 0 spiro atoms. The van der Waals surface area contributed by atoms with Crippen molar-refractivity contribution in [1.29, 1.82) is 0 Å². The first kappa shape index (κ1) is 15.1. The molecule has 0 unspecified atom stereocenters. The Balaban J connectivity index is 2.03. The van der Waals surface area contributed by atoms with E-state index in [0.717, 1.165) is 17.7 Å². The maximum absolute atomic E-state index is 13.8. The van der Waals surface area contributed by atoms with Crippen molar-refractivity contribution in [3.05, 3.63) is 65.2 Å². The molecule has 0 fully saturated rings. The van der Waals surface area contributed by atoms with Crippen LogP contribution in [0.3, 0.4) is 0 Å². The number of nitrogens with zero attached hydrogens (tertiary/aromatic N) is 2. The Morgan fingerprint density at radius 2 is 1.86 bits per heavy atom. The van der Waals surface area contributed by atoms with Crippen LogP contribution in [0.2, 0.25) is 0 Å². The van der Waals surface area contributed by atoms with Gasteiger partial charge in [0, 0.05) is 25.5 Å². The first-order chi connectivity index (χ1) is 10.1. The molecule has 1 heterocycles. The van der Waals surface area contributed by atoms with E-state index >= 15 is 0 Å². The highest BCUT2D eigenvalue weighted by molar-refractivity contribution is 5.89. The average molecular weight is 288 g/mol. The fraction of sp³-hybridized carbons (Fsp3) is 0.250. The largest absolute Gasteiger partial charge is 0.465 e. The zero-order valence-corrected chi connectivity index (χ0v) is 12.0. The number of methoxy groups -OCH3 is 1. The molecule has 0 saturated heterocycles. The second kappa shape index (κ2) is 6.95. The Morgan fingerprint density at radius 3 is 2.48 bits per heavy atom. The van der Waals surface area contributed by atoms with Crippen LogP contribution >= 0.6 is 0 Å². The van der Waals surface area contributed by atoms with Crippen LogP contribution in [0, 0.1) is 5.82 Å². The van der Waals surface area contributed by atoms with Crippen molar-refractivity contribution < 1.29 is 13.9 Å². The Labute approximate surface area is 123 Å². The highest BCUT2D eigenvalue weighted by atomic mass is 19.1. The Bertz CT molecular complexity index is 617. The zero-order chi connectivity index (χ0) is 15.2. The van der Waals surface area contributed by atoms with Gasteiger partial charge in [-0.05, 0) is 42.4 Å². The molecule has 0 bridgehead atoms. The molecule has 0 saturated carbocycles. The summed E-state index contributed by atoms with van der Waals surface area (Å²) in [5.41, 5.74) is 1.90. The van der Waals surface area contributed by atoms with Gasteiger partial charge in [0.25, 0.3) is 0 Å². The minimum absolute atomic E-state index is 0.0435. The lowest BCUT2D eigenvalue weighted by molar-refractivity contribution is 0.0595. The summed E-state index contributed by atoms with van der Waals surface area (Å²) in [5.74, 6) is -1.22. The number of esters is 1. The second-order valence-corrected chi connectivity index (χ2v) is 4.83. The normalized spacial score (nSPS) is 10.7. The summed E-state index contributed by atoms with van der Waals surface area (Å²) in [7, 11) is 3.19. The van der Waals surface area contributed by atoms with Gasteiger partial charge < -0.3 is 4.74 Å². The van der Waals surface area contributed by atoms with Crippen LogP contribution in [0.25, 0.3) is 0 Å². The molecular formula is C16H17FN2O2. The fourth-order valence-corrected chi connectivity index (χ4v) is 2.10. The molecule has 2 rings (SSSR count). The summed E-state index contributed by atoms with van der Waals surface area (Å²) in [6.07, 6.45) is 3.49. The SMILES string of the molecule is COC(=O)c1ccc(CN(C)Cc2ccncc2)cc1F. The minimum Gasteiger partial charge on any atom is -0.465 e. The number of ether oxygens (including phenoxy) is 1. The predicted octanol–water partition coefficient (Wildman–Crippen LogP) is 2.64. The molecule has 0 radical (unpaired) electrons. The molecule has 21 heavy (non-hydrogen) atoms. The third kappa shape index (κ3) is 4.10. The van der Waals surface area contributed by atoms with Gasteiger partial charge in [-0.1, -0.05) is 6.07 Å². The van der Waals surface area contributed by atoms with E-state index in [-0.39, 0.29) is 5.56 Å². The van der Waals surface area contributed by atoms with Gasteiger partial charge in [-0.25, -0.2) is 9.18 Å². The summed E-state index contributed by atoms with van der Waals surface area (Å²) >= 11 is 0. The lowest BCUT2D eigenvalue weighted by Gasteiger charge is -2.17. The second-order valence-electron chi connectivity index (χ2n) is 4.83. The third-order valence-electron chi connectivity index (χ3n) is 3.09. The van der Waals surface area contributed by atoms with Gasteiger partial charge in [0.15, 0.2) is 0 Å². The van der Waals surface area contributed by atoms with Crippen LogP contribution in [0.15, 0.2) is 42.7 Å². The average Bonchev–Trinajstić information content (AvgIpc) is 2.47. The van der Waals surface area contributed by atoms with Crippen LogP contribution in [0.1, 0.15) is 21.5 Å². The summed E-state index contributed by atoms with van der Waals surface area (Å²) in [6.45, 7) is 1.32. The molecule has 0 atom stereocenters. The van der Waals surface area contributed by atoms with E-state index in [4.69, 9.17) is 0 Å². The van der Waals surface area contributed by atoms with E-state index in [2.05, 4.69) is 14.6 Å². The van der Waals surface area contributed by atoms with Crippen molar-refractivity contribution in [1.82, 2.24) is 9.88 Å². The van der Waals surface area contributed by atoms with Gasteiger partial charge in [-0.3, -0.25) is 9.88 Å². The minimum atomic E-state index is -0.663. The van der Waals surface area contributed by atoms with Gasteiger partial charge in [0.05, 0.1) is 12.7 Å². The number of aromatic nitrogens is 1. The quantitative estimate of drug-likeness (QED) is 0.793. The van der Waals surface area contributed by atoms with Crippen molar-refractivity contribution in [3.8, 4) is 0 Å². The Morgan fingerprint density at radius 1 is 1.19 bits per heavy atom. The van der Waals surface area contributed by atoms with E-state index in [1.165, 1.54) is 19.2 Å². The maximum Gasteiger partial charge on any atom is 0.340 e. The molecule has 0 amide bonds. The van der Waals surface area contributed by atoms with Crippen molar-refractivity contribution in [3.63, 3.8) is 0 Å². The van der Waals surface area contributed by atoms with Crippen LogP contribution in [-0.2, 0) is 17.8 Å². The number of carbonyl (C=O) groups is 1. The first-order valence-electron chi connectivity index (χ1n) is 6.54. The molecule has 0 aliphatic carbocycles. The van der Waals surface area contributed by atoms with Crippen LogP contribution in [0.5, 0.6) is 0 Å². The van der Waals surface area contributed by atoms with Crippen molar-refractivity contribution in [2.75, 3.05) is 14.2 Å². The van der Waals surface area contributed by atoms with Gasteiger partial charge in [0.1, 0.15) is 5.82 Å². The van der Waals surface area contributed by atoms with Gasteiger partial charge in [-0.15, -0.1) is 0 Å². The summed E-state index contributed by atoms with van der Waals surface area (Å²) < 4.78 is 18.4. The zero-order valence-electron chi connectivity index (χ0n) is 12.0. The van der Waals surface area contributed by atoms with E-state index in [9.17, 15) is 9.18 Å². The molecule has 5 heteroatoms. The predicted molar refractivity (Wildman–Crippen MR) is 77.1 cm³/mol. The van der Waals surface area contributed by atoms with E-state index in [1.807, 2.05) is 19.2 Å². The van der Waals surface area contributed by atoms with Crippen molar-refractivity contribution >= 4 is 5.97 Å². The highest BCUT2D eigenvalue weighted by Gasteiger charge is 2.12. The van der Waals surface area contributed by atoms with Gasteiger partial charge in [0.2, 0.25) is 0 Å². The van der Waals surface area contributed by atoms with Crippen LogP contribution in [-0.4, -0.2) is 30.0 Å². The number of hydrogen-bond acceptors (Lipinski definition) is 4. The monoisotopic (exact) mass is 288 g/mol. The number of halogens is 1. The van der Waals surface area contributed by atoms with E-state index in [1.54, 1.807) is 18.5 Å². The molecule has 0 aliphatic rings. The number of rotatable bonds is 5. The lowest BCUT2D eigenvalue weighted by Crippen LogP contribution is -2.17. The fourth-order valence-electron chi connectivity index (χ4n) is 2.10. The van der Waals surface area contributed by atoms with Crippen LogP contribution < -0.4 is 0 Å². The Kier molecular flexibility index (Phi) is 5.00. The highest BCUT2D eigenvalue weighted by Crippen LogP contribution is 2.14. The number of carbonyl (C=O) groups excluding carboxylic acids is 1. The van der Waals surface area contributed by atoms with Gasteiger partial charge in [-0.2, -0.15) is 0 Å².